The lowest BCUT2D eigenvalue weighted by Crippen LogP contribution is -2.27. The minimum absolute atomic E-state index is 0.366. The number of pyridine rings is 1. The number of hydrogen-bond donors (Lipinski definition) is 0. The Hall–Kier alpha value is -3.74. The van der Waals surface area contributed by atoms with E-state index < -0.39 is 11.7 Å². The molecule has 166 valence electrons. The van der Waals surface area contributed by atoms with Gasteiger partial charge >= 0.3 is 6.09 Å². The normalized spacial score (nSPS) is 11.5. The van der Waals surface area contributed by atoms with Crippen LogP contribution in [0.2, 0.25) is 0 Å². The molecule has 2 heterocycles. The van der Waals surface area contributed by atoms with Crippen LogP contribution in [0.4, 0.5) is 4.79 Å². The van der Waals surface area contributed by atoms with Gasteiger partial charge in [-0.3, -0.25) is 0 Å². The summed E-state index contributed by atoms with van der Waals surface area (Å²) in [7, 11) is 3.12. The summed E-state index contributed by atoms with van der Waals surface area (Å²) >= 11 is 0. The highest BCUT2D eigenvalue weighted by molar-refractivity contribution is 6.13. The highest BCUT2D eigenvalue weighted by atomic mass is 16.6. The van der Waals surface area contributed by atoms with Crippen LogP contribution >= 0.6 is 0 Å². The number of carbonyl (C=O) groups is 1. The minimum atomic E-state index is -0.657. The number of benzene rings is 2. The lowest BCUT2D eigenvalue weighted by atomic mass is 10.1. The predicted octanol–water partition coefficient (Wildman–Crippen LogP) is 5.57. The molecule has 0 fully saturated rings. The Morgan fingerprint density at radius 1 is 0.938 bits per heavy atom. The van der Waals surface area contributed by atoms with Crippen molar-refractivity contribution in [3.63, 3.8) is 0 Å². The molecule has 0 amide bonds. The van der Waals surface area contributed by atoms with Gasteiger partial charge in [-0.25, -0.2) is 14.3 Å². The van der Waals surface area contributed by atoms with E-state index in [2.05, 4.69) is 4.98 Å². The van der Waals surface area contributed by atoms with Crippen molar-refractivity contribution in [2.75, 3.05) is 14.2 Å². The Labute approximate surface area is 186 Å². The van der Waals surface area contributed by atoms with E-state index in [4.69, 9.17) is 18.9 Å². The third-order valence-corrected chi connectivity index (χ3v) is 4.93. The number of ether oxygens (including phenoxy) is 4. The van der Waals surface area contributed by atoms with Gasteiger partial charge in [0.1, 0.15) is 12.2 Å². The summed E-state index contributed by atoms with van der Waals surface area (Å²) in [6, 6.07) is 15.2. The van der Waals surface area contributed by atoms with Gasteiger partial charge < -0.3 is 18.9 Å². The molecule has 0 bridgehead atoms. The van der Waals surface area contributed by atoms with Gasteiger partial charge in [0.25, 0.3) is 0 Å². The maximum atomic E-state index is 13.2. The zero-order valence-electron chi connectivity index (χ0n) is 18.8. The molecule has 7 heteroatoms. The lowest BCUT2D eigenvalue weighted by molar-refractivity contribution is 0.0551. The van der Waals surface area contributed by atoms with Crippen LogP contribution < -0.4 is 14.2 Å². The molecule has 0 radical (unpaired) electrons. The van der Waals surface area contributed by atoms with Crippen LogP contribution in [0.3, 0.4) is 0 Å². The quantitative estimate of drug-likeness (QED) is 0.409. The van der Waals surface area contributed by atoms with E-state index in [0.29, 0.717) is 35.0 Å². The lowest BCUT2D eigenvalue weighted by Gasteiger charge is -2.20. The molecular formula is C25H26N2O5. The van der Waals surface area contributed by atoms with Crippen LogP contribution in [0.5, 0.6) is 17.4 Å². The van der Waals surface area contributed by atoms with Gasteiger partial charge in [-0.15, -0.1) is 0 Å². The maximum Gasteiger partial charge on any atom is 0.419 e. The molecule has 32 heavy (non-hydrogen) atoms. The number of rotatable bonds is 5. The summed E-state index contributed by atoms with van der Waals surface area (Å²) in [4.78, 5) is 17.5. The standard InChI is InChI=1S/C25H26N2O5/c1-25(2,3)32-24(28)27-19-12-22(31-15-16-9-7-6-8-10-16)21(29-4)11-17(19)18-14-26-23(30-5)13-20(18)27/h6-14H,15H2,1-5H3. The maximum absolute atomic E-state index is 13.2. The zero-order valence-corrected chi connectivity index (χ0v) is 18.8. The Kier molecular flexibility index (Phi) is 5.65. The Morgan fingerprint density at radius 2 is 1.66 bits per heavy atom. The topological polar surface area (TPSA) is 71.8 Å². The summed E-state index contributed by atoms with van der Waals surface area (Å²) in [6.45, 7) is 5.86. The Balaban J connectivity index is 1.89. The molecule has 0 aliphatic carbocycles. The number of fused-ring (bicyclic) bond motifs is 3. The van der Waals surface area contributed by atoms with E-state index in [-0.39, 0.29) is 0 Å². The summed E-state index contributed by atoms with van der Waals surface area (Å²) in [6.07, 6.45) is 1.19. The summed E-state index contributed by atoms with van der Waals surface area (Å²) < 4.78 is 24.2. The first-order valence-electron chi connectivity index (χ1n) is 10.3. The molecule has 2 aromatic carbocycles. The highest BCUT2D eigenvalue weighted by Gasteiger charge is 2.24. The fraction of sp³-hybridized carbons (Fsp3) is 0.280. The smallest absolute Gasteiger partial charge is 0.419 e. The molecule has 0 aliphatic rings. The second kappa shape index (κ2) is 8.42. The van der Waals surface area contributed by atoms with Crippen LogP contribution in [0.1, 0.15) is 26.3 Å². The molecule has 0 aliphatic heterocycles. The largest absolute Gasteiger partial charge is 0.493 e. The van der Waals surface area contributed by atoms with Crippen molar-refractivity contribution in [1.29, 1.82) is 0 Å². The van der Waals surface area contributed by atoms with Gasteiger partial charge in [0.05, 0.1) is 25.3 Å². The second-order valence-corrected chi connectivity index (χ2v) is 8.35. The Bertz CT molecular complexity index is 1270. The fourth-order valence-electron chi connectivity index (χ4n) is 3.52. The van der Waals surface area contributed by atoms with Crippen LogP contribution in [0.25, 0.3) is 21.8 Å². The molecule has 0 atom stereocenters. The number of nitrogens with zero attached hydrogens (tertiary/aromatic N) is 2. The van der Waals surface area contributed by atoms with Crippen molar-refractivity contribution in [2.45, 2.75) is 33.0 Å². The van der Waals surface area contributed by atoms with Crippen LogP contribution in [-0.4, -0.2) is 35.5 Å². The summed E-state index contributed by atoms with van der Waals surface area (Å²) in [5, 5.41) is 1.57. The number of methoxy groups -OCH3 is 2. The van der Waals surface area contributed by atoms with Crippen LogP contribution in [0, 0.1) is 0 Å². The van der Waals surface area contributed by atoms with Gasteiger partial charge in [0, 0.05) is 29.1 Å². The van der Waals surface area contributed by atoms with Gasteiger partial charge in [-0.05, 0) is 32.4 Å². The molecule has 4 aromatic rings. The fourth-order valence-corrected chi connectivity index (χ4v) is 3.52. The van der Waals surface area contributed by atoms with E-state index in [1.165, 1.54) is 11.7 Å². The molecule has 7 nitrogen and oxygen atoms in total. The van der Waals surface area contributed by atoms with Crippen molar-refractivity contribution in [3.05, 3.63) is 60.3 Å². The first kappa shape index (κ1) is 21.5. The third kappa shape index (κ3) is 4.19. The minimum Gasteiger partial charge on any atom is -0.493 e. The van der Waals surface area contributed by atoms with Crippen molar-refractivity contribution >= 4 is 27.9 Å². The molecule has 0 N–H and O–H groups in total. The molecule has 0 saturated heterocycles. The highest BCUT2D eigenvalue weighted by Crippen LogP contribution is 2.39. The first-order chi connectivity index (χ1) is 15.3. The average molecular weight is 434 g/mol. The van der Waals surface area contributed by atoms with Crippen LogP contribution in [-0.2, 0) is 11.3 Å². The van der Waals surface area contributed by atoms with Crippen LogP contribution in [0.15, 0.2) is 54.7 Å². The first-order valence-corrected chi connectivity index (χ1v) is 10.3. The number of carbonyl (C=O) groups excluding carboxylic acids is 1. The van der Waals surface area contributed by atoms with Crippen molar-refractivity contribution in [3.8, 4) is 17.4 Å². The average Bonchev–Trinajstić information content (AvgIpc) is 3.08. The van der Waals surface area contributed by atoms with Gasteiger partial charge in [-0.2, -0.15) is 0 Å². The van der Waals surface area contributed by atoms with Gasteiger partial charge in [-0.1, -0.05) is 30.3 Å². The van der Waals surface area contributed by atoms with E-state index in [0.717, 1.165) is 16.3 Å². The van der Waals surface area contributed by atoms with E-state index in [1.807, 2.05) is 57.2 Å². The van der Waals surface area contributed by atoms with Gasteiger partial charge in [0.2, 0.25) is 5.88 Å². The Morgan fingerprint density at radius 3 is 2.31 bits per heavy atom. The summed E-state index contributed by atoms with van der Waals surface area (Å²) in [5.41, 5.74) is 1.63. The molecule has 0 spiro atoms. The van der Waals surface area contributed by atoms with Crippen molar-refractivity contribution in [1.82, 2.24) is 9.55 Å². The van der Waals surface area contributed by atoms with Crippen molar-refractivity contribution in [2.24, 2.45) is 0 Å². The van der Waals surface area contributed by atoms with Crippen molar-refractivity contribution < 1.29 is 23.7 Å². The summed E-state index contributed by atoms with van der Waals surface area (Å²) in [5.74, 6) is 1.49. The number of aromatic nitrogens is 2. The molecule has 0 unspecified atom stereocenters. The predicted molar refractivity (Wildman–Crippen MR) is 123 cm³/mol. The van der Waals surface area contributed by atoms with Gasteiger partial charge in [0.15, 0.2) is 11.5 Å². The number of hydrogen-bond acceptors (Lipinski definition) is 6. The SMILES string of the molecule is COc1cc2c(cn1)c1cc(OC)c(OCc3ccccc3)cc1n2C(=O)OC(C)(C)C. The molecule has 2 aromatic heterocycles. The molecular weight excluding hydrogens is 408 g/mol. The third-order valence-electron chi connectivity index (χ3n) is 4.93. The molecule has 0 saturated carbocycles. The zero-order chi connectivity index (χ0) is 22.9. The second-order valence-electron chi connectivity index (χ2n) is 8.35. The van der Waals surface area contributed by atoms with E-state index in [9.17, 15) is 4.79 Å². The van der Waals surface area contributed by atoms with E-state index >= 15 is 0 Å². The molecule has 4 rings (SSSR count). The van der Waals surface area contributed by atoms with E-state index in [1.54, 1.807) is 25.4 Å². The monoisotopic (exact) mass is 434 g/mol.